The first-order valence-corrected chi connectivity index (χ1v) is 14.2. The second-order valence-corrected chi connectivity index (χ2v) is 12.1. The summed E-state index contributed by atoms with van der Waals surface area (Å²) in [6, 6.07) is 9.61. The smallest absolute Gasteiger partial charge is 0.296 e. The second kappa shape index (κ2) is 9.30. The molecule has 192 valence electrons. The van der Waals surface area contributed by atoms with Crippen LogP contribution in [-0.4, -0.2) is 84.4 Å². The van der Waals surface area contributed by atoms with E-state index in [1.165, 1.54) is 6.20 Å². The van der Waals surface area contributed by atoms with Crippen LogP contribution in [0.4, 0.5) is 5.82 Å². The summed E-state index contributed by atoms with van der Waals surface area (Å²) < 4.78 is 33.1. The minimum atomic E-state index is -2.30. The van der Waals surface area contributed by atoms with Crippen molar-refractivity contribution in [3.05, 3.63) is 47.7 Å². The third kappa shape index (κ3) is 4.90. The van der Waals surface area contributed by atoms with Crippen LogP contribution in [0.2, 0.25) is 5.02 Å². The van der Waals surface area contributed by atoms with Crippen molar-refractivity contribution in [3.63, 3.8) is 0 Å². The summed E-state index contributed by atoms with van der Waals surface area (Å²) in [6.45, 7) is 0.526. The van der Waals surface area contributed by atoms with Crippen molar-refractivity contribution in [1.82, 2.24) is 24.9 Å². The highest BCUT2D eigenvalue weighted by Gasteiger charge is 2.48. The Hall–Kier alpha value is -3.16. The minimum absolute atomic E-state index is 0.225. The van der Waals surface area contributed by atoms with Crippen molar-refractivity contribution < 1.29 is 23.5 Å². The maximum Gasteiger partial charge on any atom is 0.296 e. The third-order valence-corrected chi connectivity index (χ3v) is 6.97. The first kappa shape index (κ1) is 24.2. The van der Waals surface area contributed by atoms with E-state index in [9.17, 15) is 9.32 Å². The van der Waals surface area contributed by atoms with E-state index in [0.717, 1.165) is 11.1 Å². The molecule has 4 aromatic rings. The number of hydrogen-bond donors (Lipinski definition) is 2. The van der Waals surface area contributed by atoms with E-state index in [1.807, 2.05) is 24.3 Å². The lowest BCUT2D eigenvalue weighted by Gasteiger charge is -2.15. The molecular weight excluding hydrogens is 520 g/mol. The predicted octanol–water partition coefficient (Wildman–Crippen LogP) is 3.00. The number of nitrogens with zero attached hydrogens (tertiary/aromatic N) is 5. The highest BCUT2D eigenvalue weighted by molar-refractivity contribution is 7.92. The molecule has 6 rings (SSSR count). The number of aromatic amines is 1. The van der Waals surface area contributed by atoms with Gasteiger partial charge in [-0.2, -0.15) is 9.35 Å². The zero-order chi connectivity index (χ0) is 25.7. The van der Waals surface area contributed by atoms with Gasteiger partial charge in [0.05, 0.1) is 47.5 Å². The van der Waals surface area contributed by atoms with Crippen molar-refractivity contribution in [3.8, 4) is 28.5 Å². The van der Waals surface area contributed by atoms with Crippen LogP contribution in [0.3, 0.4) is 0 Å². The van der Waals surface area contributed by atoms with Crippen LogP contribution in [0, 0.1) is 0 Å². The largest absolute Gasteiger partial charge is 0.456 e. The number of rotatable bonds is 5. The standard InChI is InChI=1S/C24H23ClN6O5S/c1-37(2,33)31-19-9-26-16(8-27-19)12-3-5-13(6-4-12)20-14(25)7-15-23(29-20)30-24(28-15)36-18-11-35-21-17(32)10-34-22(18)21/h3-9,17-18,21-22,32H,10-11H2,1-2H3,(H,28,29,30)/t17-,18-,21-,22-/m1/s1. The number of benzene rings is 1. The highest BCUT2D eigenvalue weighted by atomic mass is 35.5. The molecule has 5 heterocycles. The summed E-state index contributed by atoms with van der Waals surface area (Å²) in [5.41, 5.74) is 3.97. The quantitative estimate of drug-likeness (QED) is 0.388. The summed E-state index contributed by atoms with van der Waals surface area (Å²) in [6.07, 6.45) is 4.42. The maximum absolute atomic E-state index is 11.8. The maximum atomic E-state index is 11.8. The molecule has 2 aliphatic rings. The molecule has 0 bridgehead atoms. The van der Waals surface area contributed by atoms with Crippen LogP contribution >= 0.6 is 11.6 Å². The van der Waals surface area contributed by atoms with Gasteiger partial charge in [-0.25, -0.2) is 14.2 Å². The average Bonchev–Trinajstić information content (AvgIpc) is 3.55. The fourth-order valence-electron chi connectivity index (χ4n) is 4.38. The summed E-state index contributed by atoms with van der Waals surface area (Å²) in [5.74, 6) is 0.329. The van der Waals surface area contributed by atoms with Gasteiger partial charge in [0, 0.05) is 33.4 Å². The number of ether oxygens (including phenoxy) is 3. The first-order valence-electron chi connectivity index (χ1n) is 11.5. The van der Waals surface area contributed by atoms with Crippen LogP contribution < -0.4 is 4.74 Å². The van der Waals surface area contributed by atoms with E-state index in [0.29, 0.717) is 40.0 Å². The van der Waals surface area contributed by atoms with Crippen LogP contribution in [0.5, 0.6) is 6.01 Å². The number of pyridine rings is 1. The molecule has 0 unspecified atom stereocenters. The molecule has 2 aliphatic heterocycles. The molecule has 0 amide bonds. The lowest BCUT2D eigenvalue weighted by atomic mass is 10.1. The van der Waals surface area contributed by atoms with E-state index in [2.05, 4.69) is 29.3 Å². The molecule has 2 N–H and O–H groups in total. The topological polar surface area (TPSA) is 145 Å². The number of fused-ring (bicyclic) bond motifs is 2. The molecule has 3 aromatic heterocycles. The lowest BCUT2D eigenvalue weighted by Crippen LogP contribution is -2.34. The van der Waals surface area contributed by atoms with Gasteiger partial charge in [-0.05, 0) is 6.07 Å². The lowest BCUT2D eigenvalue weighted by molar-refractivity contribution is 0.00706. The summed E-state index contributed by atoms with van der Waals surface area (Å²) in [5, 5.41) is 10.4. The summed E-state index contributed by atoms with van der Waals surface area (Å²) >= 11 is 6.56. The Bertz CT molecular complexity index is 1580. The van der Waals surface area contributed by atoms with E-state index >= 15 is 0 Å². The predicted molar refractivity (Wildman–Crippen MR) is 137 cm³/mol. The Balaban J connectivity index is 1.22. The molecule has 0 aliphatic carbocycles. The van der Waals surface area contributed by atoms with Crippen molar-refractivity contribution in [2.45, 2.75) is 24.4 Å². The summed E-state index contributed by atoms with van der Waals surface area (Å²) in [7, 11) is -2.30. The van der Waals surface area contributed by atoms with Gasteiger partial charge in [-0.15, -0.1) is 0 Å². The summed E-state index contributed by atoms with van der Waals surface area (Å²) in [4.78, 5) is 20.8. The Labute approximate surface area is 217 Å². The zero-order valence-corrected chi connectivity index (χ0v) is 21.4. The van der Waals surface area contributed by atoms with Crippen LogP contribution in [0.1, 0.15) is 0 Å². The number of H-pyrrole nitrogens is 1. The molecule has 4 atom stereocenters. The Morgan fingerprint density at radius 1 is 1.08 bits per heavy atom. The molecule has 13 heteroatoms. The van der Waals surface area contributed by atoms with Crippen molar-refractivity contribution >= 4 is 38.3 Å². The molecule has 0 spiro atoms. The van der Waals surface area contributed by atoms with Crippen molar-refractivity contribution in [1.29, 1.82) is 0 Å². The molecular formula is C24H23ClN6O5S. The van der Waals surface area contributed by atoms with Crippen LogP contribution in [0.15, 0.2) is 47.1 Å². The van der Waals surface area contributed by atoms with Gasteiger partial charge >= 0.3 is 0 Å². The van der Waals surface area contributed by atoms with Crippen LogP contribution in [0.25, 0.3) is 33.7 Å². The van der Waals surface area contributed by atoms with Crippen LogP contribution in [-0.2, 0) is 19.2 Å². The zero-order valence-electron chi connectivity index (χ0n) is 19.9. The van der Waals surface area contributed by atoms with Gasteiger partial charge < -0.3 is 24.3 Å². The fourth-order valence-corrected chi connectivity index (χ4v) is 5.19. The Kier molecular flexibility index (Phi) is 6.08. The number of halogens is 1. The van der Waals surface area contributed by atoms with Gasteiger partial charge in [-0.1, -0.05) is 35.9 Å². The van der Waals surface area contributed by atoms with Gasteiger partial charge in [0.2, 0.25) is 0 Å². The van der Waals surface area contributed by atoms with Gasteiger partial charge in [0.1, 0.15) is 18.3 Å². The van der Waals surface area contributed by atoms with Crippen molar-refractivity contribution in [2.75, 3.05) is 25.7 Å². The van der Waals surface area contributed by atoms with E-state index < -0.39 is 15.8 Å². The van der Waals surface area contributed by atoms with Gasteiger partial charge in [-0.3, -0.25) is 4.98 Å². The minimum Gasteiger partial charge on any atom is -0.456 e. The Morgan fingerprint density at radius 3 is 2.57 bits per heavy atom. The second-order valence-electron chi connectivity index (χ2n) is 9.16. The number of nitrogens with one attached hydrogen (secondary N) is 1. The number of aromatic nitrogens is 5. The number of imidazole rings is 1. The molecule has 2 fully saturated rings. The molecule has 0 radical (unpaired) electrons. The first-order chi connectivity index (χ1) is 17.7. The average molecular weight is 543 g/mol. The third-order valence-electron chi connectivity index (χ3n) is 6.06. The monoisotopic (exact) mass is 542 g/mol. The van der Waals surface area contributed by atoms with Gasteiger partial charge in [0.25, 0.3) is 6.01 Å². The highest BCUT2D eigenvalue weighted by Crippen LogP contribution is 2.33. The normalized spacial score (nSPS) is 23.4. The number of aliphatic hydroxyl groups excluding tert-OH is 1. The molecule has 37 heavy (non-hydrogen) atoms. The van der Waals surface area contributed by atoms with E-state index in [4.69, 9.17) is 25.8 Å². The van der Waals surface area contributed by atoms with E-state index in [-0.39, 0.29) is 30.9 Å². The molecule has 11 nitrogen and oxygen atoms in total. The SMILES string of the molecule is CS(C)(=O)=Nc1cnc(-c2ccc(-c3nc4nc(O[C@@H]5CO[C@H]6[C@@H]5OC[C@H]6O)[nH]c4cc3Cl)cc2)cn1. The van der Waals surface area contributed by atoms with Crippen molar-refractivity contribution in [2.24, 2.45) is 4.36 Å². The number of hydrogen-bond acceptors (Lipinski definition) is 10. The van der Waals surface area contributed by atoms with E-state index in [1.54, 1.807) is 24.8 Å². The molecule has 1 aromatic carbocycles. The Morgan fingerprint density at radius 2 is 1.84 bits per heavy atom. The molecule has 0 saturated carbocycles. The van der Waals surface area contributed by atoms with Gasteiger partial charge in [0.15, 0.2) is 17.6 Å². The fraction of sp³-hybridized carbons (Fsp3) is 0.333. The number of aliphatic hydroxyl groups is 1. The molecule has 2 saturated heterocycles.